The van der Waals surface area contributed by atoms with Gasteiger partial charge in [-0.2, -0.15) is 0 Å². The summed E-state index contributed by atoms with van der Waals surface area (Å²) in [6.45, 7) is 12.3. The number of hydrogen-bond donors (Lipinski definition) is 2. The predicted molar refractivity (Wildman–Crippen MR) is 134 cm³/mol. The highest BCUT2D eigenvalue weighted by Gasteiger charge is 2.26. The number of halogens is 1. The van der Waals surface area contributed by atoms with Crippen LogP contribution in [0.25, 0.3) is 0 Å². The van der Waals surface area contributed by atoms with Crippen molar-refractivity contribution < 1.29 is 0 Å². The van der Waals surface area contributed by atoms with E-state index in [-0.39, 0.29) is 24.0 Å². The number of nitrogens with zero attached hydrogens (tertiary/aromatic N) is 3. The molecule has 0 amide bonds. The molecule has 7 heteroatoms. The molecule has 1 aliphatic rings. The Bertz CT molecular complexity index is 757. The van der Waals surface area contributed by atoms with Gasteiger partial charge in [0, 0.05) is 36.6 Å². The summed E-state index contributed by atoms with van der Waals surface area (Å²) in [5, 5.41) is 8.12. The van der Waals surface area contributed by atoms with Gasteiger partial charge in [-0.1, -0.05) is 30.3 Å². The summed E-state index contributed by atoms with van der Waals surface area (Å²) in [7, 11) is 0. The van der Waals surface area contributed by atoms with Crippen molar-refractivity contribution in [2.24, 2.45) is 4.99 Å². The zero-order chi connectivity index (χ0) is 19.9. The number of aliphatic imine (C=N–C) groups is 1. The largest absolute Gasteiger partial charge is 0.357 e. The summed E-state index contributed by atoms with van der Waals surface area (Å²) in [5.74, 6) is 0.904. The lowest BCUT2D eigenvalue weighted by molar-refractivity contribution is 0.134. The lowest BCUT2D eigenvalue weighted by atomic mass is 9.97. The molecule has 5 nitrogen and oxygen atoms in total. The van der Waals surface area contributed by atoms with E-state index in [1.54, 1.807) is 11.3 Å². The van der Waals surface area contributed by atoms with Crippen LogP contribution in [0, 0.1) is 13.8 Å². The Morgan fingerprint density at radius 1 is 1.28 bits per heavy atom. The number of piperidine rings is 1. The minimum Gasteiger partial charge on any atom is -0.357 e. The fraction of sp³-hybridized carbons (Fsp3) is 0.545. The molecule has 160 valence electrons. The molecule has 0 spiro atoms. The minimum atomic E-state index is 0. The molecule has 29 heavy (non-hydrogen) atoms. The third kappa shape index (κ3) is 7.22. The summed E-state index contributed by atoms with van der Waals surface area (Å²) in [6.07, 6.45) is 2.27. The summed E-state index contributed by atoms with van der Waals surface area (Å²) in [5.41, 5.74) is 2.51. The van der Waals surface area contributed by atoms with Crippen molar-refractivity contribution >= 4 is 41.3 Å². The highest BCUT2D eigenvalue weighted by atomic mass is 127. The van der Waals surface area contributed by atoms with Crippen LogP contribution in [0.5, 0.6) is 0 Å². The number of nitrogens with one attached hydrogen (secondary N) is 2. The number of aryl methyl sites for hydroxylation is 2. The summed E-state index contributed by atoms with van der Waals surface area (Å²) in [6, 6.07) is 11.8. The van der Waals surface area contributed by atoms with Crippen LogP contribution < -0.4 is 10.6 Å². The van der Waals surface area contributed by atoms with Crippen molar-refractivity contribution in [1.82, 2.24) is 20.5 Å². The number of aromatic nitrogens is 1. The summed E-state index contributed by atoms with van der Waals surface area (Å²) >= 11 is 1.74. The van der Waals surface area contributed by atoms with Gasteiger partial charge in [-0.3, -0.25) is 4.90 Å². The van der Waals surface area contributed by atoms with Crippen LogP contribution in [-0.4, -0.2) is 41.0 Å². The number of likely N-dealkylation sites (tertiary alicyclic amines) is 1. The molecule has 3 rings (SSSR count). The fourth-order valence-electron chi connectivity index (χ4n) is 3.67. The fourth-order valence-corrected chi connectivity index (χ4v) is 4.53. The van der Waals surface area contributed by atoms with Gasteiger partial charge in [-0.25, -0.2) is 9.98 Å². The Kier molecular flexibility index (Phi) is 9.85. The van der Waals surface area contributed by atoms with Gasteiger partial charge >= 0.3 is 0 Å². The zero-order valence-corrected chi connectivity index (χ0v) is 21.1. The van der Waals surface area contributed by atoms with Crippen molar-refractivity contribution in [3.8, 4) is 0 Å². The quantitative estimate of drug-likeness (QED) is 0.331. The first-order valence-electron chi connectivity index (χ1n) is 10.3. The molecule has 2 atom stereocenters. The van der Waals surface area contributed by atoms with Gasteiger partial charge in [0.05, 0.1) is 12.2 Å². The smallest absolute Gasteiger partial charge is 0.191 e. The third-order valence-corrected chi connectivity index (χ3v) is 6.43. The normalized spacial score (nSPS) is 20.2. The van der Waals surface area contributed by atoms with E-state index >= 15 is 0 Å². The summed E-state index contributed by atoms with van der Waals surface area (Å²) in [4.78, 5) is 13.2. The third-order valence-electron chi connectivity index (χ3n) is 5.37. The zero-order valence-electron chi connectivity index (χ0n) is 17.9. The van der Waals surface area contributed by atoms with Crippen LogP contribution in [0.4, 0.5) is 0 Å². The Hall–Kier alpha value is -1.19. The maximum absolute atomic E-state index is 4.77. The Labute approximate surface area is 196 Å². The second-order valence-corrected chi connectivity index (χ2v) is 8.90. The van der Waals surface area contributed by atoms with Crippen molar-refractivity contribution in [1.29, 1.82) is 0 Å². The van der Waals surface area contributed by atoms with Gasteiger partial charge in [0.1, 0.15) is 5.01 Å². The second-order valence-electron chi connectivity index (χ2n) is 7.62. The molecule has 2 unspecified atom stereocenters. The van der Waals surface area contributed by atoms with Crippen molar-refractivity contribution in [3.63, 3.8) is 0 Å². The maximum Gasteiger partial charge on any atom is 0.191 e. The molecular weight excluding hydrogens is 493 g/mol. The molecule has 1 aliphatic heterocycles. The molecule has 1 aromatic carbocycles. The topological polar surface area (TPSA) is 52.6 Å². The molecule has 1 fully saturated rings. The van der Waals surface area contributed by atoms with Crippen LogP contribution in [0.15, 0.2) is 35.3 Å². The van der Waals surface area contributed by atoms with Gasteiger partial charge in [-0.15, -0.1) is 35.3 Å². The monoisotopic (exact) mass is 527 g/mol. The molecule has 0 saturated carbocycles. The van der Waals surface area contributed by atoms with E-state index in [1.807, 2.05) is 0 Å². The van der Waals surface area contributed by atoms with Gasteiger partial charge in [0.2, 0.25) is 0 Å². The van der Waals surface area contributed by atoms with Crippen molar-refractivity contribution in [2.45, 2.75) is 65.7 Å². The van der Waals surface area contributed by atoms with Crippen LogP contribution >= 0.6 is 35.3 Å². The van der Waals surface area contributed by atoms with E-state index in [0.29, 0.717) is 18.6 Å². The molecular formula is C22H34IN5S. The first-order valence-corrected chi connectivity index (χ1v) is 11.1. The van der Waals surface area contributed by atoms with Gasteiger partial charge in [0.25, 0.3) is 0 Å². The first-order chi connectivity index (χ1) is 13.5. The van der Waals surface area contributed by atoms with E-state index in [0.717, 1.165) is 49.1 Å². The standard InChI is InChI=1S/C22H33N5S.HI/c1-5-23-22(24-14-21-25-17(3)18(4)28-21)26-20-11-12-27(16(2)13-20)15-19-9-7-6-8-10-19;/h6-10,16,20H,5,11-15H2,1-4H3,(H2,23,24,26);1H. The number of thiazole rings is 1. The maximum atomic E-state index is 4.77. The Morgan fingerprint density at radius 2 is 2.03 bits per heavy atom. The van der Waals surface area contributed by atoms with Gasteiger partial charge in [0.15, 0.2) is 5.96 Å². The molecule has 2 aromatic rings. The number of hydrogen-bond acceptors (Lipinski definition) is 4. The van der Waals surface area contributed by atoms with E-state index in [9.17, 15) is 0 Å². The van der Waals surface area contributed by atoms with Crippen molar-refractivity contribution in [3.05, 3.63) is 51.5 Å². The van der Waals surface area contributed by atoms with Gasteiger partial charge < -0.3 is 10.6 Å². The van der Waals surface area contributed by atoms with Crippen LogP contribution in [0.3, 0.4) is 0 Å². The molecule has 2 heterocycles. The minimum absolute atomic E-state index is 0. The lowest BCUT2D eigenvalue weighted by Crippen LogP contribution is -2.51. The SMILES string of the molecule is CCNC(=NCc1nc(C)c(C)s1)NC1CCN(Cc2ccccc2)C(C)C1.I. The lowest BCUT2D eigenvalue weighted by Gasteiger charge is -2.38. The molecule has 0 aliphatic carbocycles. The van der Waals surface area contributed by atoms with Crippen LogP contribution in [0.2, 0.25) is 0 Å². The molecule has 2 N–H and O–H groups in total. The van der Waals surface area contributed by atoms with E-state index < -0.39 is 0 Å². The Balaban J connectivity index is 0.00000300. The van der Waals surface area contributed by atoms with E-state index in [1.165, 1.54) is 10.4 Å². The second kappa shape index (κ2) is 11.9. The van der Waals surface area contributed by atoms with Crippen molar-refractivity contribution in [2.75, 3.05) is 13.1 Å². The molecule has 0 radical (unpaired) electrons. The van der Waals surface area contributed by atoms with Crippen LogP contribution in [-0.2, 0) is 13.1 Å². The number of rotatable bonds is 6. The van der Waals surface area contributed by atoms with E-state index in [2.05, 4.69) is 78.5 Å². The van der Waals surface area contributed by atoms with E-state index in [4.69, 9.17) is 4.99 Å². The Morgan fingerprint density at radius 3 is 2.66 bits per heavy atom. The molecule has 0 bridgehead atoms. The number of benzene rings is 1. The first kappa shape index (κ1) is 24.1. The van der Waals surface area contributed by atoms with Gasteiger partial charge in [-0.05, 0) is 46.1 Å². The average Bonchev–Trinajstić information content (AvgIpc) is 3.01. The molecule has 1 aromatic heterocycles. The summed E-state index contributed by atoms with van der Waals surface area (Å²) < 4.78 is 0. The highest BCUT2D eigenvalue weighted by Crippen LogP contribution is 2.20. The molecule has 1 saturated heterocycles. The average molecular weight is 528 g/mol. The number of guanidine groups is 1. The highest BCUT2D eigenvalue weighted by molar-refractivity contribution is 14.0. The predicted octanol–water partition coefficient (Wildman–Crippen LogP) is 4.49. The van der Waals surface area contributed by atoms with Crippen LogP contribution in [0.1, 0.15) is 47.8 Å².